The topological polar surface area (TPSA) is 38.5 Å². The summed E-state index contributed by atoms with van der Waals surface area (Å²) in [5.74, 6) is 0.588. The summed E-state index contributed by atoms with van der Waals surface area (Å²) in [5.41, 5.74) is 8.60. The number of hydrogen-bond donors (Lipinski definition) is 1. The van der Waals surface area contributed by atoms with Gasteiger partial charge in [-0.25, -0.2) is 0 Å². The van der Waals surface area contributed by atoms with Gasteiger partial charge >= 0.3 is 0 Å². The molecule has 4 heteroatoms. The van der Waals surface area contributed by atoms with E-state index in [1.807, 2.05) is 12.1 Å². The summed E-state index contributed by atoms with van der Waals surface area (Å²) in [6.07, 6.45) is 1.82. The van der Waals surface area contributed by atoms with E-state index in [0.717, 1.165) is 31.0 Å². The van der Waals surface area contributed by atoms with Crippen LogP contribution >= 0.6 is 11.6 Å². The predicted molar refractivity (Wildman–Crippen MR) is 92.3 cm³/mol. The van der Waals surface area contributed by atoms with Crippen molar-refractivity contribution in [3.63, 3.8) is 0 Å². The highest BCUT2D eigenvalue weighted by Crippen LogP contribution is 2.26. The Morgan fingerprint density at radius 3 is 2.62 bits per heavy atom. The maximum atomic E-state index is 6.17. The number of rotatable bonds is 9. The van der Waals surface area contributed by atoms with Gasteiger partial charge in [-0.15, -0.1) is 0 Å². The summed E-state index contributed by atoms with van der Waals surface area (Å²) in [4.78, 5) is 2.38. The van der Waals surface area contributed by atoms with E-state index in [4.69, 9.17) is 22.1 Å². The van der Waals surface area contributed by atoms with Gasteiger partial charge in [0.05, 0.1) is 6.61 Å². The summed E-state index contributed by atoms with van der Waals surface area (Å²) in [7, 11) is 1.74. The zero-order valence-electron chi connectivity index (χ0n) is 13.7. The number of nitrogens with zero attached hydrogens (tertiary/aromatic N) is 1. The molecule has 3 nitrogen and oxygen atoms in total. The number of ether oxygens (including phenoxy) is 1. The van der Waals surface area contributed by atoms with Crippen molar-refractivity contribution in [1.29, 1.82) is 0 Å². The Balaban J connectivity index is 3.03. The SMILES string of the molecule is CCC(N)Cc1cc(Cl)ccc1N(CCOC)CC(C)C. The number of halogens is 1. The van der Waals surface area contributed by atoms with Crippen molar-refractivity contribution in [1.82, 2.24) is 0 Å². The highest BCUT2D eigenvalue weighted by Gasteiger charge is 2.15. The first-order chi connectivity index (χ1) is 9.97. The predicted octanol–water partition coefficient (Wildman–Crippen LogP) is 3.73. The van der Waals surface area contributed by atoms with Crippen molar-refractivity contribution in [3.8, 4) is 0 Å². The molecule has 120 valence electrons. The first-order valence-corrected chi connectivity index (χ1v) is 8.13. The monoisotopic (exact) mass is 312 g/mol. The second-order valence-corrected chi connectivity index (χ2v) is 6.41. The van der Waals surface area contributed by atoms with E-state index < -0.39 is 0 Å². The lowest BCUT2D eigenvalue weighted by Crippen LogP contribution is -2.32. The molecule has 1 atom stereocenters. The van der Waals surface area contributed by atoms with Crippen LogP contribution in [0.4, 0.5) is 5.69 Å². The third-order valence-corrected chi connectivity index (χ3v) is 3.77. The third kappa shape index (κ3) is 6.25. The molecule has 0 saturated heterocycles. The maximum Gasteiger partial charge on any atom is 0.0637 e. The molecular weight excluding hydrogens is 284 g/mol. The Kier molecular flexibility index (Phi) is 8.09. The zero-order chi connectivity index (χ0) is 15.8. The molecule has 21 heavy (non-hydrogen) atoms. The summed E-state index contributed by atoms with van der Waals surface area (Å²) in [6.45, 7) is 9.17. The second kappa shape index (κ2) is 9.29. The van der Waals surface area contributed by atoms with Crippen LogP contribution in [0.2, 0.25) is 5.02 Å². The molecule has 0 spiro atoms. The van der Waals surface area contributed by atoms with Gasteiger partial charge in [0.25, 0.3) is 0 Å². The molecule has 0 fully saturated rings. The van der Waals surface area contributed by atoms with Gasteiger partial charge in [0.15, 0.2) is 0 Å². The van der Waals surface area contributed by atoms with Crippen LogP contribution in [-0.2, 0) is 11.2 Å². The average molecular weight is 313 g/mol. The molecule has 0 heterocycles. The van der Waals surface area contributed by atoms with E-state index in [9.17, 15) is 0 Å². The molecule has 0 radical (unpaired) electrons. The lowest BCUT2D eigenvalue weighted by atomic mass is 10.0. The fourth-order valence-electron chi connectivity index (χ4n) is 2.41. The minimum Gasteiger partial charge on any atom is -0.383 e. The summed E-state index contributed by atoms with van der Waals surface area (Å²) >= 11 is 6.17. The van der Waals surface area contributed by atoms with Gasteiger partial charge in [-0.05, 0) is 42.5 Å². The number of methoxy groups -OCH3 is 1. The molecule has 2 N–H and O–H groups in total. The van der Waals surface area contributed by atoms with Crippen LogP contribution in [0.5, 0.6) is 0 Å². The minimum absolute atomic E-state index is 0.172. The van der Waals surface area contributed by atoms with Gasteiger partial charge < -0.3 is 15.4 Å². The molecule has 1 aromatic carbocycles. The quantitative estimate of drug-likeness (QED) is 0.755. The first kappa shape index (κ1) is 18.3. The Hall–Kier alpha value is -0.770. The Morgan fingerprint density at radius 2 is 2.05 bits per heavy atom. The van der Waals surface area contributed by atoms with Gasteiger partial charge in [-0.1, -0.05) is 32.4 Å². The molecule has 0 aromatic heterocycles. The number of hydrogen-bond acceptors (Lipinski definition) is 3. The molecule has 1 rings (SSSR count). The van der Waals surface area contributed by atoms with Crippen molar-refractivity contribution in [2.45, 2.75) is 39.7 Å². The normalized spacial score (nSPS) is 12.7. The third-order valence-electron chi connectivity index (χ3n) is 3.54. The largest absolute Gasteiger partial charge is 0.383 e. The van der Waals surface area contributed by atoms with Gasteiger partial charge in [0.2, 0.25) is 0 Å². The number of anilines is 1. The summed E-state index contributed by atoms with van der Waals surface area (Å²) < 4.78 is 5.25. The van der Waals surface area contributed by atoms with Crippen molar-refractivity contribution in [2.75, 3.05) is 31.7 Å². The fraction of sp³-hybridized carbons (Fsp3) is 0.647. The Bertz CT molecular complexity index is 423. The lowest BCUT2D eigenvalue weighted by molar-refractivity contribution is 0.204. The second-order valence-electron chi connectivity index (χ2n) is 5.98. The molecule has 0 bridgehead atoms. The van der Waals surface area contributed by atoms with Crippen LogP contribution in [0.1, 0.15) is 32.8 Å². The van der Waals surface area contributed by atoms with E-state index in [-0.39, 0.29) is 6.04 Å². The van der Waals surface area contributed by atoms with Crippen molar-refractivity contribution in [3.05, 3.63) is 28.8 Å². The molecule has 0 aliphatic rings. The highest BCUT2D eigenvalue weighted by molar-refractivity contribution is 6.30. The van der Waals surface area contributed by atoms with Crippen LogP contribution in [0.25, 0.3) is 0 Å². The maximum absolute atomic E-state index is 6.17. The summed E-state index contributed by atoms with van der Waals surface area (Å²) in [6, 6.07) is 6.29. The molecule has 1 aromatic rings. The van der Waals surface area contributed by atoms with Gasteiger partial charge in [0.1, 0.15) is 0 Å². The van der Waals surface area contributed by atoms with Crippen LogP contribution in [0.15, 0.2) is 18.2 Å². The van der Waals surface area contributed by atoms with Crippen molar-refractivity contribution in [2.24, 2.45) is 11.7 Å². The van der Waals surface area contributed by atoms with Gasteiger partial charge in [0, 0.05) is 37.0 Å². The number of nitrogens with two attached hydrogens (primary N) is 1. The van der Waals surface area contributed by atoms with E-state index in [1.54, 1.807) is 7.11 Å². The molecule has 0 aliphatic heterocycles. The van der Waals surface area contributed by atoms with Crippen LogP contribution in [0.3, 0.4) is 0 Å². The van der Waals surface area contributed by atoms with E-state index in [1.165, 1.54) is 11.3 Å². The molecular formula is C17H29ClN2O. The minimum atomic E-state index is 0.172. The first-order valence-electron chi connectivity index (χ1n) is 7.75. The molecule has 0 saturated carbocycles. The lowest BCUT2D eigenvalue weighted by Gasteiger charge is -2.29. The van der Waals surface area contributed by atoms with Gasteiger partial charge in [-0.2, -0.15) is 0 Å². The Labute approximate surface area is 134 Å². The van der Waals surface area contributed by atoms with E-state index in [0.29, 0.717) is 12.5 Å². The summed E-state index contributed by atoms with van der Waals surface area (Å²) in [5, 5.41) is 0.772. The fourth-order valence-corrected chi connectivity index (χ4v) is 2.60. The number of benzene rings is 1. The smallest absolute Gasteiger partial charge is 0.0637 e. The van der Waals surface area contributed by atoms with Crippen LogP contribution in [0, 0.1) is 5.92 Å². The van der Waals surface area contributed by atoms with Crippen molar-refractivity contribution < 1.29 is 4.74 Å². The van der Waals surface area contributed by atoms with E-state index in [2.05, 4.69) is 31.7 Å². The molecule has 1 unspecified atom stereocenters. The molecule has 0 amide bonds. The van der Waals surface area contributed by atoms with E-state index >= 15 is 0 Å². The highest BCUT2D eigenvalue weighted by atomic mass is 35.5. The van der Waals surface area contributed by atoms with Crippen LogP contribution < -0.4 is 10.6 Å². The van der Waals surface area contributed by atoms with Crippen LogP contribution in [-0.4, -0.2) is 32.8 Å². The average Bonchev–Trinajstić information content (AvgIpc) is 2.43. The van der Waals surface area contributed by atoms with Gasteiger partial charge in [-0.3, -0.25) is 0 Å². The zero-order valence-corrected chi connectivity index (χ0v) is 14.5. The van der Waals surface area contributed by atoms with Crippen molar-refractivity contribution >= 4 is 17.3 Å². The Morgan fingerprint density at radius 1 is 1.33 bits per heavy atom. The standard InChI is InChI=1S/C17H29ClN2O/c1-5-16(19)11-14-10-15(18)6-7-17(14)20(8-9-21-4)12-13(2)3/h6-7,10,13,16H,5,8-9,11-12,19H2,1-4H3. The molecule has 0 aliphatic carbocycles.